The highest BCUT2D eigenvalue weighted by Crippen LogP contribution is 2.25. The van der Waals surface area contributed by atoms with E-state index in [-0.39, 0.29) is 5.57 Å². The Labute approximate surface area is 127 Å². The van der Waals surface area contributed by atoms with Gasteiger partial charge in [0.2, 0.25) is 0 Å². The lowest BCUT2D eigenvalue weighted by atomic mass is 10.0. The molecule has 1 N–H and O–H groups in total. The second-order valence-electron chi connectivity index (χ2n) is 5.08. The minimum absolute atomic E-state index is 0.288. The summed E-state index contributed by atoms with van der Waals surface area (Å²) in [5, 5.41) is 3.81. The van der Waals surface area contributed by atoms with Gasteiger partial charge in [-0.05, 0) is 19.1 Å². The Morgan fingerprint density at radius 1 is 0.955 bits per heavy atom. The number of aromatic nitrogens is 1. The first-order chi connectivity index (χ1) is 10.6. The molecule has 3 rings (SSSR count). The first-order valence-corrected chi connectivity index (χ1v) is 6.86. The van der Waals surface area contributed by atoms with Gasteiger partial charge in [-0.2, -0.15) is 0 Å². The molecule has 1 aromatic heterocycles. The molecule has 2 amide bonds. The SMILES string of the molecule is C=C(C)C(=O)NC(=O)c1c2ccccc2nc2ccccc12. The van der Waals surface area contributed by atoms with Gasteiger partial charge in [0, 0.05) is 16.3 Å². The van der Waals surface area contributed by atoms with Crippen molar-refractivity contribution < 1.29 is 9.59 Å². The van der Waals surface area contributed by atoms with Crippen molar-refractivity contribution >= 4 is 33.6 Å². The first-order valence-electron chi connectivity index (χ1n) is 6.86. The number of nitrogens with zero attached hydrogens (tertiary/aromatic N) is 1. The topological polar surface area (TPSA) is 59.1 Å². The van der Waals surface area contributed by atoms with E-state index in [1.165, 1.54) is 0 Å². The quantitative estimate of drug-likeness (QED) is 0.582. The molecule has 0 fully saturated rings. The zero-order chi connectivity index (χ0) is 15.7. The fourth-order valence-corrected chi connectivity index (χ4v) is 2.36. The molecule has 4 heteroatoms. The molecule has 0 unspecified atom stereocenters. The molecule has 0 saturated heterocycles. The van der Waals surface area contributed by atoms with E-state index in [1.807, 2.05) is 48.5 Å². The Kier molecular flexibility index (Phi) is 3.43. The summed E-state index contributed by atoms with van der Waals surface area (Å²) in [7, 11) is 0. The average molecular weight is 290 g/mol. The number of nitrogens with one attached hydrogen (secondary N) is 1. The fraction of sp³-hybridized carbons (Fsp3) is 0.0556. The van der Waals surface area contributed by atoms with Gasteiger partial charge in [-0.3, -0.25) is 14.9 Å². The number of hydrogen-bond acceptors (Lipinski definition) is 3. The van der Waals surface area contributed by atoms with Crippen LogP contribution < -0.4 is 5.32 Å². The normalized spacial score (nSPS) is 10.6. The summed E-state index contributed by atoms with van der Waals surface area (Å²) in [6.45, 7) is 5.11. The van der Waals surface area contributed by atoms with Crippen LogP contribution in [0.25, 0.3) is 21.8 Å². The molecule has 0 atom stereocenters. The lowest BCUT2D eigenvalue weighted by Crippen LogP contribution is -2.31. The summed E-state index contributed by atoms with van der Waals surface area (Å²) in [6.07, 6.45) is 0. The maximum Gasteiger partial charge on any atom is 0.259 e. The molecule has 0 aliphatic rings. The maximum absolute atomic E-state index is 12.6. The molecule has 3 aromatic rings. The van der Waals surface area contributed by atoms with E-state index >= 15 is 0 Å². The van der Waals surface area contributed by atoms with Gasteiger partial charge in [0.1, 0.15) is 0 Å². The molecular formula is C18H14N2O2. The number of amides is 2. The smallest absolute Gasteiger partial charge is 0.259 e. The lowest BCUT2D eigenvalue weighted by molar-refractivity contribution is -0.116. The van der Waals surface area contributed by atoms with Gasteiger partial charge in [-0.15, -0.1) is 0 Å². The highest BCUT2D eigenvalue weighted by Gasteiger charge is 2.17. The van der Waals surface area contributed by atoms with E-state index in [0.717, 1.165) is 0 Å². The van der Waals surface area contributed by atoms with E-state index in [4.69, 9.17) is 0 Å². The number of pyridine rings is 1. The molecule has 0 spiro atoms. The Morgan fingerprint density at radius 2 is 1.45 bits per heavy atom. The van der Waals surface area contributed by atoms with Crippen molar-refractivity contribution in [3.63, 3.8) is 0 Å². The third-order valence-electron chi connectivity index (χ3n) is 3.43. The van der Waals surface area contributed by atoms with E-state index in [9.17, 15) is 9.59 Å². The van der Waals surface area contributed by atoms with Crippen LogP contribution in [-0.2, 0) is 4.79 Å². The highest BCUT2D eigenvalue weighted by molar-refractivity contribution is 6.20. The number of hydrogen-bond donors (Lipinski definition) is 1. The number of carbonyl (C=O) groups excluding carboxylic acids is 2. The van der Waals surface area contributed by atoms with Crippen LogP contribution in [0.3, 0.4) is 0 Å². The monoisotopic (exact) mass is 290 g/mol. The summed E-state index contributed by atoms with van der Waals surface area (Å²) in [4.78, 5) is 28.9. The van der Waals surface area contributed by atoms with Gasteiger partial charge in [-0.25, -0.2) is 4.98 Å². The Morgan fingerprint density at radius 3 is 1.95 bits per heavy atom. The van der Waals surface area contributed by atoms with Crippen LogP contribution in [0, 0.1) is 0 Å². The number of carbonyl (C=O) groups is 2. The van der Waals surface area contributed by atoms with E-state index in [2.05, 4.69) is 16.9 Å². The van der Waals surface area contributed by atoms with Crippen LogP contribution in [-0.4, -0.2) is 16.8 Å². The van der Waals surface area contributed by atoms with Gasteiger partial charge in [-0.1, -0.05) is 43.0 Å². The molecule has 2 aromatic carbocycles. The lowest BCUT2D eigenvalue weighted by Gasteiger charge is -2.10. The summed E-state index contributed by atoms with van der Waals surface area (Å²) < 4.78 is 0. The predicted octanol–water partition coefficient (Wildman–Crippen LogP) is 3.22. The van der Waals surface area contributed by atoms with Gasteiger partial charge in [0.15, 0.2) is 0 Å². The molecule has 22 heavy (non-hydrogen) atoms. The third-order valence-corrected chi connectivity index (χ3v) is 3.43. The number of rotatable bonds is 2. The predicted molar refractivity (Wildman–Crippen MR) is 86.5 cm³/mol. The number of para-hydroxylation sites is 2. The van der Waals surface area contributed by atoms with Gasteiger partial charge < -0.3 is 0 Å². The molecule has 0 aliphatic heterocycles. The number of fused-ring (bicyclic) bond motifs is 2. The molecule has 0 radical (unpaired) electrons. The second kappa shape index (κ2) is 5.41. The van der Waals surface area contributed by atoms with Crippen molar-refractivity contribution in [3.05, 3.63) is 66.2 Å². The van der Waals surface area contributed by atoms with E-state index in [1.54, 1.807) is 6.92 Å². The maximum atomic E-state index is 12.6. The Bertz CT molecular complexity index is 875. The van der Waals surface area contributed by atoms with Crippen LogP contribution in [0.4, 0.5) is 0 Å². The second-order valence-corrected chi connectivity index (χ2v) is 5.08. The molecule has 0 aliphatic carbocycles. The zero-order valence-electron chi connectivity index (χ0n) is 12.1. The van der Waals surface area contributed by atoms with Crippen LogP contribution in [0.5, 0.6) is 0 Å². The molecule has 0 saturated carbocycles. The minimum Gasteiger partial charge on any atom is -0.288 e. The Balaban J connectivity index is 2.26. The third kappa shape index (κ3) is 2.35. The summed E-state index contributed by atoms with van der Waals surface area (Å²) in [6, 6.07) is 14.8. The van der Waals surface area contributed by atoms with Crippen molar-refractivity contribution in [2.24, 2.45) is 0 Å². The summed E-state index contributed by atoms with van der Waals surface area (Å²) >= 11 is 0. The molecule has 4 nitrogen and oxygen atoms in total. The molecule has 1 heterocycles. The largest absolute Gasteiger partial charge is 0.288 e. The van der Waals surface area contributed by atoms with Gasteiger partial charge in [0.25, 0.3) is 11.8 Å². The van der Waals surface area contributed by atoms with Crippen LogP contribution >= 0.6 is 0 Å². The van der Waals surface area contributed by atoms with E-state index in [0.29, 0.717) is 27.4 Å². The number of imide groups is 1. The van der Waals surface area contributed by atoms with Crippen molar-refractivity contribution in [1.82, 2.24) is 10.3 Å². The van der Waals surface area contributed by atoms with E-state index < -0.39 is 11.8 Å². The molecular weight excluding hydrogens is 276 g/mol. The summed E-state index contributed by atoms with van der Waals surface area (Å²) in [5.74, 6) is -0.919. The fourth-order valence-electron chi connectivity index (χ4n) is 2.36. The molecule has 108 valence electrons. The van der Waals surface area contributed by atoms with Crippen molar-refractivity contribution in [2.45, 2.75) is 6.92 Å². The van der Waals surface area contributed by atoms with Crippen LogP contribution in [0.2, 0.25) is 0 Å². The van der Waals surface area contributed by atoms with Crippen molar-refractivity contribution in [3.8, 4) is 0 Å². The highest BCUT2D eigenvalue weighted by atomic mass is 16.2. The Hall–Kier alpha value is -3.01. The van der Waals surface area contributed by atoms with Gasteiger partial charge in [0.05, 0.1) is 16.6 Å². The first kappa shape index (κ1) is 13.9. The molecule has 0 bridgehead atoms. The number of benzene rings is 2. The van der Waals surface area contributed by atoms with Crippen molar-refractivity contribution in [1.29, 1.82) is 0 Å². The van der Waals surface area contributed by atoms with Crippen LogP contribution in [0.15, 0.2) is 60.7 Å². The van der Waals surface area contributed by atoms with Crippen LogP contribution in [0.1, 0.15) is 17.3 Å². The zero-order valence-corrected chi connectivity index (χ0v) is 12.1. The summed E-state index contributed by atoms with van der Waals surface area (Å²) in [5.41, 5.74) is 2.18. The average Bonchev–Trinajstić information content (AvgIpc) is 2.52. The van der Waals surface area contributed by atoms with Crippen molar-refractivity contribution in [2.75, 3.05) is 0 Å². The minimum atomic E-state index is -0.477. The van der Waals surface area contributed by atoms with Gasteiger partial charge >= 0.3 is 0 Å². The standard InChI is InChI=1S/C18H14N2O2/c1-11(2)17(21)20-18(22)16-12-7-3-5-9-14(12)19-15-10-6-4-8-13(15)16/h3-10H,1H2,2H3,(H,20,21,22).